The number of carbonyl (C=O) groups is 3. The highest BCUT2D eigenvalue weighted by molar-refractivity contribution is 6.00. The molecule has 0 aliphatic carbocycles. The van der Waals surface area contributed by atoms with E-state index in [4.69, 9.17) is 4.74 Å². The molecule has 1 heterocycles. The molecule has 1 aliphatic rings. The predicted molar refractivity (Wildman–Crippen MR) is 110 cm³/mol. The number of urea groups is 1. The number of rotatable bonds is 7. The van der Waals surface area contributed by atoms with Crippen molar-refractivity contribution in [3.05, 3.63) is 59.9 Å². The normalized spacial score (nSPS) is 15.3. The zero-order valence-corrected chi connectivity index (χ0v) is 16.2. The largest absolute Gasteiger partial charge is 0.368 e. The van der Waals surface area contributed by atoms with Gasteiger partial charge in [0.25, 0.3) is 5.91 Å². The maximum absolute atomic E-state index is 13.6. The Balaban J connectivity index is 1.40. The fraction of sp³-hybridized carbons (Fsp3) is 0.286. The van der Waals surface area contributed by atoms with Crippen molar-refractivity contribution in [1.29, 1.82) is 0 Å². The van der Waals surface area contributed by atoms with Gasteiger partial charge in [0.1, 0.15) is 11.9 Å². The van der Waals surface area contributed by atoms with Gasteiger partial charge in [0.05, 0.1) is 5.69 Å². The standard InChI is InChI=1S/C21H23FN4O4/c22-16-4-1-2-5-17(16)26-21(29)25-15-9-7-14(8-10-15)19(27)23-11-12-24-20(28)18-6-3-13-30-18/h1-2,4-5,7-10,18H,3,6,11-13H2,(H,23,27)(H,24,28)(H2,25,26,29). The first-order valence-electron chi connectivity index (χ1n) is 9.63. The molecule has 2 aromatic carbocycles. The number of amides is 4. The summed E-state index contributed by atoms with van der Waals surface area (Å²) in [5, 5.41) is 10.4. The number of para-hydroxylation sites is 1. The Bertz CT molecular complexity index is 898. The van der Waals surface area contributed by atoms with Crippen LogP contribution in [0.25, 0.3) is 0 Å². The minimum absolute atomic E-state index is 0.0672. The molecule has 0 aromatic heterocycles. The number of hydrogen-bond acceptors (Lipinski definition) is 4. The molecule has 0 saturated carbocycles. The van der Waals surface area contributed by atoms with Crippen molar-refractivity contribution in [1.82, 2.24) is 10.6 Å². The van der Waals surface area contributed by atoms with E-state index in [-0.39, 0.29) is 24.0 Å². The zero-order chi connectivity index (χ0) is 21.3. The van der Waals surface area contributed by atoms with E-state index in [0.717, 1.165) is 12.8 Å². The molecule has 1 saturated heterocycles. The first kappa shape index (κ1) is 21.3. The monoisotopic (exact) mass is 414 g/mol. The van der Waals surface area contributed by atoms with Gasteiger partial charge in [0, 0.05) is 30.9 Å². The summed E-state index contributed by atoms with van der Waals surface area (Å²) in [6.07, 6.45) is 1.21. The minimum Gasteiger partial charge on any atom is -0.368 e. The van der Waals surface area contributed by atoms with Gasteiger partial charge in [-0.3, -0.25) is 9.59 Å². The van der Waals surface area contributed by atoms with Crippen molar-refractivity contribution in [3.63, 3.8) is 0 Å². The van der Waals surface area contributed by atoms with Crippen LogP contribution in [-0.4, -0.2) is 43.6 Å². The van der Waals surface area contributed by atoms with Gasteiger partial charge in [0.15, 0.2) is 0 Å². The van der Waals surface area contributed by atoms with E-state index in [1.54, 1.807) is 30.3 Å². The molecule has 30 heavy (non-hydrogen) atoms. The van der Waals surface area contributed by atoms with Gasteiger partial charge >= 0.3 is 6.03 Å². The van der Waals surface area contributed by atoms with Crippen LogP contribution < -0.4 is 21.3 Å². The molecule has 1 unspecified atom stereocenters. The van der Waals surface area contributed by atoms with Crippen LogP contribution in [0.2, 0.25) is 0 Å². The van der Waals surface area contributed by atoms with Crippen molar-refractivity contribution >= 4 is 29.2 Å². The average molecular weight is 414 g/mol. The summed E-state index contributed by atoms with van der Waals surface area (Å²) >= 11 is 0. The van der Waals surface area contributed by atoms with E-state index in [1.165, 1.54) is 18.2 Å². The van der Waals surface area contributed by atoms with Gasteiger partial charge in [-0.15, -0.1) is 0 Å². The van der Waals surface area contributed by atoms with E-state index < -0.39 is 18.0 Å². The Morgan fingerprint density at radius 2 is 1.70 bits per heavy atom. The molecule has 0 radical (unpaired) electrons. The van der Waals surface area contributed by atoms with Crippen molar-refractivity contribution < 1.29 is 23.5 Å². The molecule has 9 heteroatoms. The Labute approximate surface area is 173 Å². The molecule has 1 aliphatic heterocycles. The van der Waals surface area contributed by atoms with Crippen molar-refractivity contribution in [2.75, 3.05) is 30.3 Å². The predicted octanol–water partition coefficient (Wildman–Crippen LogP) is 2.49. The Hall–Kier alpha value is -3.46. The number of ether oxygens (including phenoxy) is 1. The first-order valence-corrected chi connectivity index (χ1v) is 9.63. The van der Waals surface area contributed by atoms with E-state index in [9.17, 15) is 18.8 Å². The zero-order valence-electron chi connectivity index (χ0n) is 16.2. The second-order valence-corrected chi connectivity index (χ2v) is 6.68. The summed E-state index contributed by atoms with van der Waals surface area (Å²) in [7, 11) is 0. The molecular weight excluding hydrogens is 391 g/mol. The molecule has 4 N–H and O–H groups in total. The quantitative estimate of drug-likeness (QED) is 0.522. The lowest BCUT2D eigenvalue weighted by molar-refractivity contribution is -0.129. The van der Waals surface area contributed by atoms with Crippen LogP contribution in [-0.2, 0) is 9.53 Å². The highest BCUT2D eigenvalue weighted by Crippen LogP contribution is 2.14. The smallest absolute Gasteiger partial charge is 0.323 e. The van der Waals surface area contributed by atoms with Crippen LogP contribution in [0.5, 0.6) is 0 Å². The topological polar surface area (TPSA) is 109 Å². The van der Waals surface area contributed by atoms with Gasteiger partial charge in [-0.05, 0) is 49.2 Å². The van der Waals surface area contributed by atoms with Crippen LogP contribution in [0.15, 0.2) is 48.5 Å². The second kappa shape index (κ2) is 10.4. The van der Waals surface area contributed by atoms with Crippen LogP contribution in [0.3, 0.4) is 0 Å². The summed E-state index contributed by atoms with van der Waals surface area (Å²) in [4.78, 5) is 35.9. The van der Waals surface area contributed by atoms with E-state index in [0.29, 0.717) is 24.4 Å². The molecule has 3 rings (SSSR count). The van der Waals surface area contributed by atoms with E-state index >= 15 is 0 Å². The Morgan fingerprint density at radius 3 is 2.40 bits per heavy atom. The molecule has 8 nitrogen and oxygen atoms in total. The third-order valence-electron chi connectivity index (χ3n) is 4.46. The minimum atomic E-state index is -0.598. The lowest BCUT2D eigenvalue weighted by Gasteiger charge is -2.11. The van der Waals surface area contributed by atoms with Gasteiger partial charge in [0.2, 0.25) is 5.91 Å². The summed E-state index contributed by atoms with van der Waals surface area (Å²) in [6.45, 7) is 1.19. The fourth-order valence-corrected chi connectivity index (χ4v) is 2.91. The average Bonchev–Trinajstić information content (AvgIpc) is 3.28. The van der Waals surface area contributed by atoms with Crippen LogP contribution in [0.1, 0.15) is 23.2 Å². The van der Waals surface area contributed by atoms with Crippen LogP contribution in [0, 0.1) is 5.82 Å². The summed E-state index contributed by atoms with van der Waals surface area (Å²) in [5.41, 5.74) is 0.919. The Kier molecular flexibility index (Phi) is 7.34. The number of anilines is 2. The molecule has 1 fully saturated rings. The van der Waals surface area contributed by atoms with Gasteiger partial charge in [-0.25, -0.2) is 9.18 Å². The van der Waals surface area contributed by atoms with Crippen molar-refractivity contribution in [2.45, 2.75) is 18.9 Å². The van der Waals surface area contributed by atoms with E-state index in [2.05, 4.69) is 21.3 Å². The van der Waals surface area contributed by atoms with Gasteiger partial charge in [-0.1, -0.05) is 12.1 Å². The third-order valence-corrected chi connectivity index (χ3v) is 4.46. The Morgan fingerprint density at radius 1 is 0.967 bits per heavy atom. The number of hydrogen-bond donors (Lipinski definition) is 4. The number of halogens is 1. The van der Waals surface area contributed by atoms with Crippen molar-refractivity contribution in [3.8, 4) is 0 Å². The highest BCUT2D eigenvalue weighted by Gasteiger charge is 2.22. The van der Waals surface area contributed by atoms with Crippen molar-refractivity contribution in [2.24, 2.45) is 0 Å². The van der Waals surface area contributed by atoms with Crippen LogP contribution >= 0.6 is 0 Å². The lowest BCUT2D eigenvalue weighted by atomic mass is 10.2. The molecule has 0 bridgehead atoms. The van der Waals surface area contributed by atoms with Crippen LogP contribution in [0.4, 0.5) is 20.6 Å². The second-order valence-electron chi connectivity index (χ2n) is 6.68. The molecule has 4 amide bonds. The summed E-state index contributed by atoms with van der Waals surface area (Å²) in [5.74, 6) is -0.999. The summed E-state index contributed by atoms with van der Waals surface area (Å²) in [6, 6.07) is 11.5. The molecular formula is C21H23FN4O4. The van der Waals surface area contributed by atoms with E-state index in [1.807, 2.05) is 0 Å². The number of nitrogens with one attached hydrogen (secondary N) is 4. The van der Waals surface area contributed by atoms with Gasteiger partial charge < -0.3 is 26.0 Å². The molecule has 0 spiro atoms. The molecule has 158 valence electrons. The SMILES string of the molecule is O=C(Nc1ccc(C(=O)NCCNC(=O)C2CCCO2)cc1)Nc1ccccc1F. The number of carbonyl (C=O) groups excluding carboxylic acids is 3. The maximum atomic E-state index is 13.6. The summed E-state index contributed by atoms with van der Waals surface area (Å²) < 4.78 is 18.9. The number of benzene rings is 2. The lowest BCUT2D eigenvalue weighted by Crippen LogP contribution is -2.39. The highest BCUT2D eigenvalue weighted by atomic mass is 19.1. The third kappa shape index (κ3) is 6.02. The van der Waals surface area contributed by atoms with Gasteiger partial charge in [-0.2, -0.15) is 0 Å². The molecule has 1 atom stereocenters. The maximum Gasteiger partial charge on any atom is 0.323 e. The fourth-order valence-electron chi connectivity index (χ4n) is 2.91. The first-order chi connectivity index (χ1) is 14.5. The molecule has 2 aromatic rings.